The molecule has 4 heterocycles. The molecule has 0 unspecified atom stereocenters. The van der Waals surface area contributed by atoms with Crippen molar-refractivity contribution in [1.82, 2.24) is 29.9 Å². The van der Waals surface area contributed by atoms with E-state index in [9.17, 15) is 4.79 Å². The number of nitrogens with zero attached hydrogens (tertiary/aromatic N) is 5. The Morgan fingerprint density at radius 2 is 2.19 bits per heavy atom. The number of aromatic amines is 1. The average molecular weight is 364 g/mol. The van der Waals surface area contributed by atoms with Crippen molar-refractivity contribution < 1.29 is 4.79 Å². The number of piperidine rings is 1. The lowest BCUT2D eigenvalue weighted by Gasteiger charge is -2.35. The van der Waals surface area contributed by atoms with E-state index in [1.165, 1.54) is 0 Å². The van der Waals surface area contributed by atoms with E-state index in [2.05, 4.69) is 20.3 Å². The van der Waals surface area contributed by atoms with Gasteiger partial charge in [-0.05, 0) is 56.9 Å². The van der Waals surface area contributed by atoms with Crippen LogP contribution < -0.4 is 0 Å². The Kier molecular flexibility index (Phi) is 4.75. The third-order valence-electron chi connectivity index (χ3n) is 5.11. The molecule has 1 aliphatic heterocycles. The molecule has 1 amide bonds. The van der Waals surface area contributed by atoms with Gasteiger partial charge in [0.15, 0.2) is 0 Å². The van der Waals surface area contributed by atoms with E-state index in [-0.39, 0.29) is 11.9 Å². The van der Waals surface area contributed by atoms with Crippen molar-refractivity contribution in [2.24, 2.45) is 0 Å². The number of amides is 1. The molecule has 27 heavy (non-hydrogen) atoms. The number of aryl methyl sites for hydroxylation is 2. The summed E-state index contributed by atoms with van der Waals surface area (Å²) in [7, 11) is 0. The van der Waals surface area contributed by atoms with Gasteiger partial charge < -0.3 is 4.90 Å². The van der Waals surface area contributed by atoms with Gasteiger partial charge in [0.25, 0.3) is 5.91 Å². The van der Waals surface area contributed by atoms with Crippen LogP contribution in [0.3, 0.4) is 0 Å². The second-order valence-electron chi connectivity index (χ2n) is 7.16. The van der Waals surface area contributed by atoms with Crippen molar-refractivity contribution in [2.45, 2.75) is 45.7 Å². The second-order valence-corrected chi connectivity index (χ2v) is 7.16. The zero-order valence-corrected chi connectivity index (χ0v) is 15.7. The number of likely N-dealkylation sites (tertiary alicyclic amines) is 1. The minimum Gasteiger partial charge on any atom is -0.330 e. The minimum atomic E-state index is -0.0283. The van der Waals surface area contributed by atoms with Crippen molar-refractivity contribution in [2.75, 3.05) is 6.54 Å². The molecule has 3 aromatic rings. The molecule has 0 radical (unpaired) electrons. The zero-order chi connectivity index (χ0) is 18.8. The first kappa shape index (κ1) is 17.5. The molecule has 0 aliphatic carbocycles. The third-order valence-corrected chi connectivity index (χ3v) is 5.11. The molecule has 140 valence electrons. The largest absolute Gasteiger partial charge is 0.330 e. The van der Waals surface area contributed by atoms with Crippen molar-refractivity contribution in [1.29, 1.82) is 0 Å². The SMILES string of the molecule is Cc1cc(C)n(Cc2cc(C(=O)N3CCCC[C@H]3c3cccnc3)n[nH]2)n1. The molecule has 1 fully saturated rings. The van der Waals surface area contributed by atoms with Gasteiger partial charge in [-0.2, -0.15) is 10.2 Å². The number of carbonyl (C=O) groups is 1. The highest BCUT2D eigenvalue weighted by Gasteiger charge is 2.30. The van der Waals surface area contributed by atoms with Crippen LogP contribution >= 0.6 is 0 Å². The normalized spacial score (nSPS) is 17.3. The summed E-state index contributed by atoms with van der Waals surface area (Å²) in [6, 6.07) is 7.91. The molecule has 0 bridgehead atoms. The lowest BCUT2D eigenvalue weighted by Crippen LogP contribution is -2.38. The van der Waals surface area contributed by atoms with Crippen molar-refractivity contribution in [3.05, 3.63) is 65.0 Å². The quantitative estimate of drug-likeness (QED) is 0.772. The Hall–Kier alpha value is -2.96. The Labute approximate surface area is 158 Å². The van der Waals surface area contributed by atoms with Crippen LogP contribution in [-0.2, 0) is 6.54 Å². The summed E-state index contributed by atoms with van der Waals surface area (Å²) in [6.07, 6.45) is 6.71. The van der Waals surface area contributed by atoms with Crippen LogP contribution in [0.2, 0.25) is 0 Å². The van der Waals surface area contributed by atoms with Crippen molar-refractivity contribution in [3.63, 3.8) is 0 Å². The lowest BCUT2D eigenvalue weighted by atomic mass is 9.96. The van der Waals surface area contributed by atoms with Crippen LogP contribution in [0.1, 0.15) is 58.4 Å². The van der Waals surface area contributed by atoms with Crippen LogP contribution in [0, 0.1) is 13.8 Å². The van der Waals surface area contributed by atoms with Gasteiger partial charge in [-0.3, -0.25) is 19.6 Å². The molecule has 7 nitrogen and oxygen atoms in total. The third kappa shape index (κ3) is 3.63. The van der Waals surface area contributed by atoms with Crippen LogP contribution in [0.5, 0.6) is 0 Å². The Bertz CT molecular complexity index is 929. The summed E-state index contributed by atoms with van der Waals surface area (Å²) < 4.78 is 1.91. The van der Waals surface area contributed by atoms with Gasteiger partial charge in [-0.1, -0.05) is 6.07 Å². The Morgan fingerprint density at radius 3 is 2.93 bits per heavy atom. The van der Waals surface area contributed by atoms with Crippen LogP contribution in [0.15, 0.2) is 36.7 Å². The molecule has 0 saturated carbocycles. The van der Waals surface area contributed by atoms with Gasteiger partial charge >= 0.3 is 0 Å². The van der Waals surface area contributed by atoms with Crippen molar-refractivity contribution in [3.8, 4) is 0 Å². The molecule has 7 heteroatoms. The predicted molar refractivity (Wildman–Crippen MR) is 101 cm³/mol. The highest BCUT2D eigenvalue weighted by Crippen LogP contribution is 2.31. The van der Waals surface area contributed by atoms with E-state index in [0.29, 0.717) is 12.2 Å². The first-order valence-corrected chi connectivity index (χ1v) is 9.38. The fourth-order valence-electron chi connectivity index (χ4n) is 3.79. The zero-order valence-electron chi connectivity index (χ0n) is 15.7. The van der Waals surface area contributed by atoms with Crippen LogP contribution in [0.4, 0.5) is 0 Å². The van der Waals surface area contributed by atoms with Gasteiger partial charge in [0, 0.05) is 24.6 Å². The summed E-state index contributed by atoms with van der Waals surface area (Å²) in [4.78, 5) is 19.3. The van der Waals surface area contributed by atoms with E-state index in [4.69, 9.17) is 0 Å². The Morgan fingerprint density at radius 1 is 1.30 bits per heavy atom. The summed E-state index contributed by atoms with van der Waals surface area (Å²) in [5.41, 5.74) is 4.49. The molecule has 3 aromatic heterocycles. The molecule has 1 aliphatic rings. The van der Waals surface area contributed by atoms with Gasteiger partial charge in [0.1, 0.15) is 5.69 Å². The maximum Gasteiger partial charge on any atom is 0.274 e. The highest BCUT2D eigenvalue weighted by atomic mass is 16.2. The van der Waals surface area contributed by atoms with E-state index < -0.39 is 0 Å². The highest BCUT2D eigenvalue weighted by molar-refractivity contribution is 5.92. The average Bonchev–Trinajstić information content (AvgIpc) is 3.28. The van der Waals surface area contributed by atoms with Gasteiger partial charge in [0.05, 0.1) is 24.0 Å². The van der Waals surface area contributed by atoms with E-state index >= 15 is 0 Å². The monoisotopic (exact) mass is 364 g/mol. The number of aromatic nitrogens is 5. The Balaban J connectivity index is 1.53. The van der Waals surface area contributed by atoms with E-state index in [0.717, 1.165) is 48.5 Å². The molecule has 1 saturated heterocycles. The van der Waals surface area contributed by atoms with E-state index in [1.54, 1.807) is 6.20 Å². The number of rotatable bonds is 4. The molecule has 1 atom stereocenters. The number of pyridine rings is 1. The molecule has 1 N–H and O–H groups in total. The minimum absolute atomic E-state index is 0.0283. The molecule has 0 aromatic carbocycles. The topological polar surface area (TPSA) is 79.7 Å². The van der Waals surface area contributed by atoms with Gasteiger partial charge in [-0.25, -0.2) is 0 Å². The summed E-state index contributed by atoms with van der Waals surface area (Å²) >= 11 is 0. The number of hydrogen-bond acceptors (Lipinski definition) is 4. The maximum absolute atomic E-state index is 13.1. The molecular weight excluding hydrogens is 340 g/mol. The number of nitrogens with one attached hydrogen (secondary N) is 1. The van der Waals surface area contributed by atoms with Gasteiger partial charge in [0.2, 0.25) is 0 Å². The standard InChI is InChI=1S/C20H24N6O/c1-14-10-15(2)26(24-14)13-17-11-18(23-22-17)20(27)25-9-4-3-7-19(25)16-6-5-8-21-12-16/h5-6,8,10-12,19H,3-4,7,9,13H2,1-2H3,(H,22,23)/t19-/m0/s1. The number of H-pyrrole nitrogens is 1. The molecular formula is C20H24N6O. The fourth-order valence-corrected chi connectivity index (χ4v) is 3.79. The maximum atomic E-state index is 13.1. The number of hydrogen-bond donors (Lipinski definition) is 1. The summed E-state index contributed by atoms with van der Waals surface area (Å²) in [5.74, 6) is -0.0283. The first-order valence-electron chi connectivity index (χ1n) is 9.38. The van der Waals surface area contributed by atoms with E-state index in [1.807, 2.05) is 53.9 Å². The molecule has 4 rings (SSSR count). The number of carbonyl (C=O) groups excluding carboxylic acids is 1. The lowest BCUT2D eigenvalue weighted by molar-refractivity contribution is 0.0605. The fraction of sp³-hybridized carbons (Fsp3) is 0.400. The first-order chi connectivity index (χ1) is 13.1. The van der Waals surface area contributed by atoms with Crippen LogP contribution in [-0.4, -0.2) is 42.3 Å². The smallest absolute Gasteiger partial charge is 0.274 e. The van der Waals surface area contributed by atoms with Gasteiger partial charge in [-0.15, -0.1) is 0 Å². The summed E-state index contributed by atoms with van der Waals surface area (Å²) in [5, 5.41) is 11.7. The second kappa shape index (κ2) is 7.34. The predicted octanol–water partition coefficient (Wildman–Crippen LogP) is 3.03. The van der Waals surface area contributed by atoms with Crippen molar-refractivity contribution >= 4 is 5.91 Å². The van der Waals surface area contributed by atoms with Crippen LogP contribution in [0.25, 0.3) is 0 Å². The molecule has 0 spiro atoms. The summed E-state index contributed by atoms with van der Waals surface area (Å²) in [6.45, 7) is 5.32.